The van der Waals surface area contributed by atoms with E-state index in [0.717, 1.165) is 21.2 Å². The average Bonchev–Trinajstić information content (AvgIpc) is 2.41. The predicted molar refractivity (Wildman–Crippen MR) is 71.7 cm³/mol. The maximum Gasteiger partial charge on any atom is 0.238 e. The van der Waals surface area contributed by atoms with Crippen molar-refractivity contribution in [1.82, 2.24) is 9.97 Å². The number of nitrogens with one attached hydrogen (secondary N) is 1. The first-order chi connectivity index (χ1) is 8.72. The Balaban J connectivity index is 2.27. The Morgan fingerprint density at radius 2 is 2.22 bits per heavy atom. The number of hydrogen-bond acceptors (Lipinski definition) is 6. The van der Waals surface area contributed by atoms with Gasteiger partial charge < -0.3 is 4.74 Å². The molecule has 0 saturated carbocycles. The number of aromatic nitrogens is 2. The van der Waals surface area contributed by atoms with Gasteiger partial charge >= 0.3 is 0 Å². The van der Waals surface area contributed by atoms with Gasteiger partial charge in [0, 0.05) is 16.7 Å². The van der Waals surface area contributed by atoms with E-state index in [9.17, 15) is 0 Å². The number of hydrazine groups is 1. The van der Waals surface area contributed by atoms with E-state index < -0.39 is 0 Å². The molecule has 0 atom stereocenters. The Labute approximate surface area is 110 Å². The summed E-state index contributed by atoms with van der Waals surface area (Å²) in [4.78, 5) is 9.42. The molecule has 0 bridgehead atoms. The van der Waals surface area contributed by atoms with Crippen LogP contribution < -0.4 is 16.0 Å². The van der Waals surface area contributed by atoms with Crippen LogP contribution in [-0.2, 0) is 0 Å². The monoisotopic (exact) mass is 262 g/mol. The number of hydrogen-bond donors (Lipinski definition) is 2. The lowest BCUT2D eigenvalue weighted by Gasteiger charge is -2.07. The summed E-state index contributed by atoms with van der Waals surface area (Å²) in [6.45, 7) is 1.96. The number of aryl methyl sites for hydroxylation is 1. The molecule has 0 fully saturated rings. The lowest BCUT2D eigenvalue weighted by Crippen LogP contribution is -2.10. The molecular weight excluding hydrogens is 248 g/mol. The van der Waals surface area contributed by atoms with Crippen LogP contribution in [0.1, 0.15) is 5.56 Å². The molecule has 94 valence electrons. The molecule has 0 radical (unpaired) electrons. The molecule has 18 heavy (non-hydrogen) atoms. The number of methoxy groups -OCH3 is 1. The van der Waals surface area contributed by atoms with Gasteiger partial charge in [0.1, 0.15) is 10.8 Å². The van der Waals surface area contributed by atoms with Crippen molar-refractivity contribution in [3.8, 4) is 5.75 Å². The van der Waals surface area contributed by atoms with Crippen LogP contribution in [-0.4, -0.2) is 17.1 Å². The first kappa shape index (κ1) is 12.7. The number of nitrogens with two attached hydrogens (primary N) is 1. The second-order valence-corrected chi connectivity index (χ2v) is 4.67. The van der Waals surface area contributed by atoms with Gasteiger partial charge in [-0.2, -0.15) is 0 Å². The highest BCUT2D eigenvalue weighted by molar-refractivity contribution is 7.99. The molecular formula is C12H14N4OS. The topological polar surface area (TPSA) is 73.1 Å². The van der Waals surface area contributed by atoms with Crippen molar-refractivity contribution >= 4 is 17.7 Å². The summed E-state index contributed by atoms with van der Waals surface area (Å²) in [7, 11) is 1.65. The van der Waals surface area contributed by atoms with E-state index in [1.807, 2.05) is 31.2 Å². The van der Waals surface area contributed by atoms with E-state index in [-0.39, 0.29) is 0 Å². The summed E-state index contributed by atoms with van der Waals surface area (Å²) < 4.78 is 5.19. The molecule has 2 aromatic rings. The molecule has 0 unspecified atom stereocenters. The van der Waals surface area contributed by atoms with Crippen molar-refractivity contribution in [2.45, 2.75) is 16.8 Å². The summed E-state index contributed by atoms with van der Waals surface area (Å²) >= 11 is 1.55. The van der Waals surface area contributed by atoms with Crippen LogP contribution in [0.2, 0.25) is 0 Å². The third-order valence-electron chi connectivity index (χ3n) is 2.31. The second-order valence-electron chi connectivity index (χ2n) is 3.61. The van der Waals surface area contributed by atoms with E-state index in [1.165, 1.54) is 0 Å². The summed E-state index contributed by atoms with van der Waals surface area (Å²) in [5, 5.41) is 0.867. The van der Waals surface area contributed by atoms with Crippen LogP contribution in [0, 0.1) is 6.92 Å². The number of nitrogen functional groups attached to an aromatic ring is 1. The number of anilines is 1. The fourth-order valence-electron chi connectivity index (χ4n) is 1.38. The lowest BCUT2D eigenvalue weighted by atomic mass is 10.3. The Morgan fingerprint density at radius 3 is 2.94 bits per heavy atom. The van der Waals surface area contributed by atoms with E-state index in [1.54, 1.807) is 25.1 Å². The smallest absolute Gasteiger partial charge is 0.238 e. The average molecular weight is 262 g/mol. The minimum Gasteiger partial charge on any atom is -0.497 e. The molecule has 2 rings (SSSR count). The zero-order valence-electron chi connectivity index (χ0n) is 10.2. The van der Waals surface area contributed by atoms with E-state index in [4.69, 9.17) is 10.6 Å². The summed E-state index contributed by atoms with van der Waals surface area (Å²) in [5.74, 6) is 6.53. The van der Waals surface area contributed by atoms with Crippen LogP contribution in [0.25, 0.3) is 0 Å². The third-order valence-corrected chi connectivity index (χ3v) is 3.41. The molecule has 3 N–H and O–H groups in total. The minimum absolute atomic E-state index is 0.408. The summed E-state index contributed by atoms with van der Waals surface area (Å²) in [6, 6.07) is 7.82. The first-order valence-electron chi connectivity index (χ1n) is 5.35. The number of rotatable bonds is 4. The minimum atomic E-state index is 0.408. The number of nitrogens with zero attached hydrogens (tertiary/aromatic N) is 2. The SMILES string of the molecule is COc1cccc(Sc2nc(NN)ncc2C)c1. The van der Waals surface area contributed by atoms with Gasteiger partial charge in [0.2, 0.25) is 5.95 Å². The molecule has 0 aliphatic rings. The molecule has 0 aliphatic heterocycles. The first-order valence-corrected chi connectivity index (χ1v) is 6.16. The van der Waals surface area contributed by atoms with E-state index in [2.05, 4.69) is 15.4 Å². The van der Waals surface area contributed by atoms with Gasteiger partial charge in [-0.3, -0.25) is 5.43 Å². The standard InChI is InChI=1S/C12H14N4OS/c1-8-7-14-12(16-13)15-11(8)18-10-5-3-4-9(6-10)17-2/h3-7H,13H2,1-2H3,(H,14,15,16). The highest BCUT2D eigenvalue weighted by Gasteiger charge is 2.06. The van der Waals surface area contributed by atoms with Gasteiger partial charge in [-0.1, -0.05) is 17.8 Å². The summed E-state index contributed by atoms with van der Waals surface area (Å²) in [5.41, 5.74) is 3.44. The second kappa shape index (κ2) is 5.70. The Kier molecular flexibility index (Phi) is 4.01. The fourth-order valence-corrected chi connectivity index (χ4v) is 2.27. The Morgan fingerprint density at radius 1 is 1.39 bits per heavy atom. The number of benzene rings is 1. The van der Waals surface area contributed by atoms with Gasteiger partial charge in [0.05, 0.1) is 7.11 Å². The van der Waals surface area contributed by atoms with Crippen molar-refractivity contribution in [1.29, 1.82) is 0 Å². The Bertz CT molecular complexity index is 547. The maximum atomic E-state index is 5.30. The van der Waals surface area contributed by atoms with Crippen molar-refractivity contribution < 1.29 is 4.74 Å². The van der Waals surface area contributed by atoms with Crippen molar-refractivity contribution in [3.05, 3.63) is 36.0 Å². The molecule has 0 aliphatic carbocycles. The maximum absolute atomic E-state index is 5.30. The third kappa shape index (κ3) is 2.91. The quantitative estimate of drug-likeness (QED) is 0.500. The number of ether oxygens (including phenoxy) is 1. The highest BCUT2D eigenvalue weighted by Crippen LogP contribution is 2.30. The largest absolute Gasteiger partial charge is 0.497 e. The van der Waals surface area contributed by atoms with Gasteiger partial charge in [0.25, 0.3) is 0 Å². The van der Waals surface area contributed by atoms with Gasteiger partial charge in [-0.05, 0) is 25.1 Å². The molecule has 1 aromatic heterocycles. The van der Waals surface area contributed by atoms with Gasteiger partial charge in [-0.25, -0.2) is 15.8 Å². The molecule has 0 saturated heterocycles. The molecule has 6 heteroatoms. The molecule has 0 spiro atoms. The zero-order valence-corrected chi connectivity index (χ0v) is 11.0. The molecule has 1 aromatic carbocycles. The van der Waals surface area contributed by atoms with Gasteiger partial charge in [0.15, 0.2) is 0 Å². The molecule has 0 amide bonds. The predicted octanol–water partition coefficient (Wildman–Crippen LogP) is 2.23. The van der Waals surface area contributed by atoms with Crippen LogP contribution in [0.5, 0.6) is 5.75 Å². The van der Waals surface area contributed by atoms with Crippen molar-refractivity contribution in [2.24, 2.45) is 5.84 Å². The van der Waals surface area contributed by atoms with Crippen LogP contribution in [0.3, 0.4) is 0 Å². The van der Waals surface area contributed by atoms with Crippen molar-refractivity contribution in [3.63, 3.8) is 0 Å². The van der Waals surface area contributed by atoms with Crippen LogP contribution in [0.15, 0.2) is 40.4 Å². The summed E-state index contributed by atoms with van der Waals surface area (Å²) in [6.07, 6.45) is 1.74. The normalized spacial score (nSPS) is 10.2. The van der Waals surface area contributed by atoms with Crippen LogP contribution >= 0.6 is 11.8 Å². The molecule has 1 heterocycles. The van der Waals surface area contributed by atoms with Crippen LogP contribution in [0.4, 0.5) is 5.95 Å². The van der Waals surface area contributed by atoms with E-state index in [0.29, 0.717) is 5.95 Å². The molecule has 5 nitrogen and oxygen atoms in total. The Hall–Kier alpha value is -1.79. The fraction of sp³-hybridized carbons (Fsp3) is 0.167. The highest BCUT2D eigenvalue weighted by atomic mass is 32.2. The van der Waals surface area contributed by atoms with Crippen molar-refractivity contribution in [2.75, 3.05) is 12.5 Å². The van der Waals surface area contributed by atoms with Gasteiger partial charge in [-0.15, -0.1) is 0 Å². The zero-order chi connectivity index (χ0) is 13.0. The van der Waals surface area contributed by atoms with E-state index >= 15 is 0 Å². The lowest BCUT2D eigenvalue weighted by molar-refractivity contribution is 0.413.